The molecule has 0 radical (unpaired) electrons. The summed E-state index contributed by atoms with van der Waals surface area (Å²) in [5, 5.41) is 2.60. The van der Waals surface area contributed by atoms with Gasteiger partial charge < -0.3 is 5.32 Å². The first-order valence-corrected chi connectivity index (χ1v) is 3.81. The van der Waals surface area contributed by atoms with E-state index < -0.39 is 0 Å². The molecule has 1 N–H and O–H groups in total. The highest BCUT2D eigenvalue weighted by Crippen LogP contribution is 2.09. The van der Waals surface area contributed by atoms with Crippen molar-refractivity contribution in [1.29, 1.82) is 0 Å². The molecule has 3 heteroatoms. The van der Waals surface area contributed by atoms with Crippen molar-refractivity contribution >= 4 is 5.91 Å². The van der Waals surface area contributed by atoms with E-state index in [0.29, 0.717) is 13.1 Å². The molecule has 3 nitrogen and oxygen atoms in total. The molecule has 0 saturated carbocycles. The van der Waals surface area contributed by atoms with E-state index in [2.05, 4.69) is 17.8 Å². The Labute approximate surface area is 72.4 Å². The van der Waals surface area contributed by atoms with Crippen molar-refractivity contribution in [3.63, 3.8) is 0 Å². The molecule has 1 fully saturated rings. The van der Waals surface area contributed by atoms with E-state index in [1.54, 1.807) is 0 Å². The highest BCUT2D eigenvalue weighted by atomic mass is 16.2. The predicted octanol–water partition coefficient (Wildman–Crippen LogP) is -0.392. The van der Waals surface area contributed by atoms with E-state index in [1.807, 2.05) is 4.90 Å². The van der Waals surface area contributed by atoms with E-state index in [-0.39, 0.29) is 5.91 Å². The summed E-state index contributed by atoms with van der Waals surface area (Å²) in [6.07, 6.45) is 4.98. The lowest BCUT2D eigenvalue weighted by Gasteiger charge is -2.32. The summed E-state index contributed by atoms with van der Waals surface area (Å²) < 4.78 is 0. The zero-order valence-electron chi connectivity index (χ0n) is 6.97. The molecule has 0 spiro atoms. The second-order valence-electron chi connectivity index (χ2n) is 2.88. The third-order valence-electron chi connectivity index (χ3n) is 1.65. The minimum absolute atomic E-state index is 0.0135. The number of nitrogens with zero attached hydrogens (tertiary/aromatic N) is 1. The maximum atomic E-state index is 11.0. The van der Waals surface area contributed by atoms with Crippen molar-refractivity contribution in [3.05, 3.63) is 12.2 Å². The number of amides is 1. The fourth-order valence-corrected chi connectivity index (χ4v) is 1.11. The summed E-state index contributed by atoms with van der Waals surface area (Å²) in [6.45, 7) is 6.19. The topological polar surface area (TPSA) is 32.3 Å². The minimum atomic E-state index is -0.0135. The Kier molecular flexibility index (Phi) is 2.89. The van der Waals surface area contributed by atoms with Crippen LogP contribution in [-0.4, -0.2) is 37.0 Å². The normalized spacial score (nSPS) is 16.4. The fraction of sp³-hybridized carbons (Fsp3) is 0.444. The molecule has 0 aromatic carbocycles. The quantitative estimate of drug-likeness (QED) is 0.455. The highest BCUT2D eigenvalue weighted by Gasteiger charge is 2.19. The number of carbonyl (C=O) groups excluding carboxylic acids is 1. The van der Waals surface area contributed by atoms with Gasteiger partial charge in [-0.05, 0) is 5.57 Å². The van der Waals surface area contributed by atoms with Crippen molar-refractivity contribution in [3.8, 4) is 12.3 Å². The minimum Gasteiger partial charge on any atom is -0.344 e. The number of hydrogen-bond donors (Lipinski definition) is 1. The molecule has 1 aliphatic rings. The molecule has 0 atom stereocenters. The van der Waals surface area contributed by atoms with Crippen molar-refractivity contribution in [2.45, 2.75) is 0 Å². The Bertz CT molecular complexity index is 231. The molecular weight excluding hydrogens is 152 g/mol. The smallest absolute Gasteiger partial charge is 0.234 e. The Morgan fingerprint density at radius 2 is 2.42 bits per heavy atom. The van der Waals surface area contributed by atoms with E-state index in [9.17, 15) is 4.79 Å². The summed E-state index contributed by atoms with van der Waals surface area (Å²) in [5.74, 6) is 2.34. The molecule has 0 aromatic rings. The standard InChI is InChI=1S/C9H12N2O/c1-3-4-10-9(12)7-11-5-8(2)6-11/h1H,2,4-7H2,(H,10,12). The molecule has 64 valence electrons. The van der Waals surface area contributed by atoms with Crippen molar-refractivity contribution in [1.82, 2.24) is 10.2 Å². The molecular formula is C9H12N2O. The van der Waals surface area contributed by atoms with Crippen LogP contribution in [0.15, 0.2) is 12.2 Å². The monoisotopic (exact) mass is 164 g/mol. The van der Waals surface area contributed by atoms with Gasteiger partial charge in [0.2, 0.25) is 5.91 Å². The molecule has 12 heavy (non-hydrogen) atoms. The van der Waals surface area contributed by atoms with Crippen LogP contribution in [0.4, 0.5) is 0 Å². The molecule has 1 heterocycles. The molecule has 0 aliphatic carbocycles. The Balaban J connectivity index is 2.11. The lowest BCUT2D eigenvalue weighted by Crippen LogP contribution is -2.45. The molecule has 1 amide bonds. The fourth-order valence-electron chi connectivity index (χ4n) is 1.11. The first-order chi connectivity index (χ1) is 5.72. The van der Waals surface area contributed by atoms with Gasteiger partial charge in [-0.25, -0.2) is 0 Å². The lowest BCUT2D eigenvalue weighted by atomic mass is 10.1. The molecule has 1 saturated heterocycles. The Hall–Kier alpha value is -1.27. The van der Waals surface area contributed by atoms with Crippen LogP contribution in [0.25, 0.3) is 0 Å². The number of likely N-dealkylation sites (tertiary alicyclic amines) is 1. The average Bonchev–Trinajstić information content (AvgIpc) is 1.98. The largest absolute Gasteiger partial charge is 0.344 e. The van der Waals surface area contributed by atoms with Crippen LogP contribution >= 0.6 is 0 Å². The average molecular weight is 164 g/mol. The molecule has 1 aliphatic heterocycles. The van der Waals surface area contributed by atoms with Crippen LogP contribution in [0.3, 0.4) is 0 Å². The van der Waals surface area contributed by atoms with E-state index >= 15 is 0 Å². The van der Waals surface area contributed by atoms with Crippen LogP contribution in [0.5, 0.6) is 0 Å². The first-order valence-electron chi connectivity index (χ1n) is 3.81. The van der Waals surface area contributed by atoms with Gasteiger partial charge in [0.25, 0.3) is 0 Å². The second kappa shape index (κ2) is 3.93. The Morgan fingerprint density at radius 3 is 2.92 bits per heavy atom. The molecule has 0 unspecified atom stereocenters. The number of nitrogens with one attached hydrogen (secondary N) is 1. The summed E-state index contributed by atoms with van der Waals surface area (Å²) in [4.78, 5) is 13.0. The van der Waals surface area contributed by atoms with E-state index in [4.69, 9.17) is 6.42 Å². The third-order valence-corrected chi connectivity index (χ3v) is 1.65. The van der Waals surface area contributed by atoms with Gasteiger partial charge in [0.05, 0.1) is 13.1 Å². The number of terminal acetylenes is 1. The highest BCUT2D eigenvalue weighted by molar-refractivity contribution is 5.78. The summed E-state index contributed by atoms with van der Waals surface area (Å²) in [5.41, 5.74) is 1.18. The van der Waals surface area contributed by atoms with Gasteiger partial charge in [-0.3, -0.25) is 9.69 Å². The predicted molar refractivity (Wildman–Crippen MR) is 47.4 cm³/mol. The summed E-state index contributed by atoms with van der Waals surface area (Å²) >= 11 is 0. The van der Waals surface area contributed by atoms with Gasteiger partial charge >= 0.3 is 0 Å². The van der Waals surface area contributed by atoms with Gasteiger partial charge in [0.15, 0.2) is 0 Å². The van der Waals surface area contributed by atoms with Gasteiger partial charge in [0.1, 0.15) is 0 Å². The maximum Gasteiger partial charge on any atom is 0.234 e. The van der Waals surface area contributed by atoms with Crippen LogP contribution in [0.2, 0.25) is 0 Å². The first kappa shape index (κ1) is 8.82. The van der Waals surface area contributed by atoms with Gasteiger partial charge in [-0.15, -0.1) is 6.42 Å². The maximum absolute atomic E-state index is 11.0. The zero-order chi connectivity index (χ0) is 8.97. The number of rotatable bonds is 3. The third kappa shape index (κ3) is 2.40. The van der Waals surface area contributed by atoms with Gasteiger partial charge in [-0.1, -0.05) is 12.5 Å². The molecule has 1 rings (SSSR count). The van der Waals surface area contributed by atoms with Crippen molar-refractivity contribution < 1.29 is 4.79 Å². The number of hydrogen-bond acceptors (Lipinski definition) is 2. The number of carbonyl (C=O) groups is 1. The molecule has 0 aromatic heterocycles. The summed E-state index contributed by atoms with van der Waals surface area (Å²) in [6, 6.07) is 0. The van der Waals surface area contributed by atoms with E-state index in [1.165, 1.54) is 5.57 Å². The molecule has 0 bridgehead atoms. The van der Waals surface area contributed by atoms with Crippen LogP contribution in [0, 0.1) is 12.3 Å². The SMILES string of the molecule is C#CCNC(=O)CN1CC(=C)C1. The van der Waals surface area contributed by atoms with Crippen LogP contribution in [-0.2, 0) is 4.79 Å². The zero-order valence-corrected chi connectivity index (χ0v) is 6.97. The van der Waals surface area contributed by atoms with Crippen molar-refractivity contribution in [2.75, 3.05) is 26.2 Å². The van der Waals surface area contributed by atoms with E-state index in [0.717, 1.165) is 13.1 Å². The van der Waals surface area contributed by atoms with Gasteiger partial charge in [-0.2, -0.15) is 0 Å². The van der Waals surface area contributed by atoms with Gasteiger partial charge in [0, 0.05) is 13.1 Å². The Morgan fingerprint density at radius 1 is 1.75 bits per heavy atom. The van der Waals surface area contributed by atoms with Crippen LogP contribution < -0.4 is 5.32 Å². The summed E-state index contributed by atoms with van der Waals surface area (Å²) in [7, 11) is 0. The van der Waals surface area contributed by atoms with Crippen molar-refractivity contribution in [2.24, 2.45) is 0 Å². The second-order valence-corrected chi connectivity index (χ2v) is 2.88. The van der Waals surface area contributed by atoms with Crippen LogP contribution in [0.1, 0.15) is 0 Å². The lowest BCUT2D eigenvalue weighted by molar-refractivity contribution is -0.122.